The molecule has 146 valence electrons. The van der Waals surface area contributed by atoms with E-state index in [1.165, 1.54) is 17.8 Å². The molecule has 10 heteroatoms. The number of fused-ring (bicyclic) bond motifs is 1. The normalized spacial score (nSPS) is 18.5. The van der Waals surface area contributed by atoms with Crippen LogP contribution in [0.2, 0.25) is 0 Å². The molecule has 4 rings (SSSR count). The van der Waals surface area contributed by atoms with Gasteiger partial charge in [-0.05, 0) is 25.0 Å². The predicted octanol–water partition coefficient (Wildman–Crippen LogP) is 1.71. The van der Waals surface area contributed by atoms with Crippen molar-refractivity contribution < 1.29 is 9.18 Å². The molecule has 3 N–H and O–H groups in total. The highest BCUT2D eigenvalue weighted by Gasteiger charge is 2.31. The van der Waals surface area contributed by atoms with E-state index in [-0.39, 0.29) is 17.5 Å². The Balaban J connectivity index is 1.73. The molecule has 0 saturated heterocycles. The van der Waals surface area contributed by atoms with Crippen molar-refractivity contribution in [3.05, 3.63) is 46.5 Å². The Hall–Kier alpha value is -3.43. The number of anilines is 3. The van der Waals surface area contributed by atoms with Gasteiger partial charge in [0.05, 0.1) is 6.20 Å². The van der Waals surface area contributed by atoms with Gasteiger partial charge in [0.2, 0.25) is 0 Å². The summed E-state index contributed by atoms with van der Waals surface area (Å²) in [5.41, 5.74) is 0.748. The zero-order chi connectivity index (χ0) is 19.8. The second-order valence-corrected chi connectivity index (χ2v) is 6.63. The fourth-order valence-electron chi connectivity index (χ4n) is 3.28. The standard InChI is InChI=1S/C18H20FN7O2/c1-20-15-8-14(24-16-12(17(27)21-2)9-22-26(15)16)23-13-4-3-5-25(18(13)28)11-6-10(19)7-11/h3-5,8-11,20H,6-7H2,1-2H3,(H,21,27)(H,23,24). The third-order valence-corrected chi connectivity index (χ3v) is 4.89. The van der Waals surface area contributed by atoms with Gasteiger partial charge in [-0.3, -0.25) is 9.59 Å². The second-order valence-electron chi connectivity index (χ2n) is 6.63. The smallest absolute Gasteiger partial charge is 0.274 e. The van der Waals surface area contributed by atoms with E-state index in [1.807, 2.05) is 0 Å². The summed E-state index contributed by atoms with van der Waals surface area (Å²) >= 11 is 0. The van der Waals surface area contributed by atoms with Gasteiger partial charge in [-0.15, -0.1) is 0 Å². The molecule has 3 aromatic rings. The third-order valence-electron chi connectivity index (χ3n) is 4.89. The number of carbonyl (C=O) groups excluding carboxylic acids is 1. The van der Waals surface area contributed by atoms with E-state index in [9.17, 15) is 14.0 Å². The number of amides is 1. The fourth-order valence-corrected chi connectivity index (χ4v) is 3.28. The average Bonchev–Trinajstić information content (AvgIpc) is 3.10. The van der Waals surface area contributed by atoms with E-state index in [4.69, 9.17) is 0 Å². The van der Waals surface area contributed by atoms with Crippen molar-refractivity contribution in [2.24, 2.45) is 0 Å². The maximum absolute atomic E-state index is 13.2. The van der Waals surface area contributed by atoms with Crippen LogP contribution in [0.4, 0.5) is 21.7 Å². The minimum absolute atomic E-state index is 0.123. The van der Waals surface area contributed by atoms with Gasteiger partial charge in [0, 0.05) is 32.4 Å². The van der Waals surface area contributed by atoms with Crippen LogP contribution in [-0.4, -0.2) is 45.3 Å². The van der Waals surface area contributed by atoms with E-state index in [1.54, 1.807) is 36.0 Å². The Bertz CT molecular complexity index is 1100. The summed E-state index contributed by atoms with van der Waals surface area (Å²) in [4.78, 5) is 29.3. The average molecular weight is 385 g/mol. The van der Waals surface area contributed by atoms with E-state index >= 15 is 0 Å². The Morgan fingerprint density at radius 2 is 2.11 bits per heavy atom. The highest BCUT2D eigenvalue weighted by molar-refractivity contribution is 5.99. The maximum atomic E-state index is 13.2. The van der Waals surface area contributed by atoms with Crippen LogP contribution in [0.25, 0.3) is 5.65 Å². The molecule has 0 aliphatic heterocycles. The number of carbonyl (C=O) groups is 1. The molecule has 3 heterocycles. The Morgan fingerprint density at radius 1 is 1.32 bits per heavy atom. The van der Waals surface area contributed by atoms with Gasteiger partial charge in [0.15, 0.2) is 5.65 Å². The second kappa shape index (κ2) is 6.95. The molecule has 1 amide bonds. The van der Waals surface area contributed by atoms with Crippen LogP contribution in [0.1, 0.15) is 29.2 Å². The minimum Gasteiger partial charge on any atom is -0.373 e. The number of hydrogen-bond acceptors (Lipinski definition) is 6. The molecule has 3 aromatic heterocycles. The minimum atomic E-state index is -0.847. The van der Waals surface area contributed by atoms with Gasteiger partial charge in [-0.1, -0.05) is 0 Å². The molecule has 1 saturated carbocycles. The number of pyridine rings is 1. The molecule has 1 aliphatic carbocycles. The molecule has 9 nitrogen and oxygen atoms in total. The molecule has 1 fully saturated rings. The molecule has 1 aliphatic rings. The van der Waals surface area contributed by atoms with Crippen LogP contribution < -0.4 is 21.5 Å². The van der Waals surface area contributed by atoms with E-state index in [0.717, 1.165) is 0 Å². The Kier molecular flexibility index (Phi) is 4.46. The number of rotatable bonds is 5. The third kappa shape index (κ3) is 2.96. The molecular weight excluding hydrogens is 365 g/mol. The summed E-state index contributed by atoms with van der Waals surface area (Å²) in [6, 6.07) is 4.94. The number of aromatic nitrogens is 4. The monoisotopic (exact) mass is 385 g/mol. The quantitative estimate of drug-likeness (QED) is 0.618. The number of alkyl halides is 1. The molecule has 0 bridgehead atoms. The summed E-state index contributed by atoms with van der Waals surface area (Å²) in [5.74, 6) is 0.669. The van der Waals surface area contributed by atoms with Gasteiger partial charge in [-0.25, -0.2) is 9.37 Å². The SMILES string of the molecule is CNC(=O)c1cnn2c(NC)cc(Nc3cccn(C4CC(F)C4)c3=O)nc12. The fraction of sp³-hybridized carbons (Fsp3) is 0.333. The lowest BCUT2D eigenvalue weighted by atomic mass is 9.90. The lowest BCUT2D eigenvalue weighted by Crippen LogP contribution is -2.35. The zero-order valence-corrected chi connectivity index (χ0v) is 15.4. The molecule has 0 atom stereocenters. The molecule has 28 heavy (non-hydrogen) atoms. The molecule has 0 radical (unpaired) electrons. The first-order chi connectivity index (χ1) is 13.5. The lowest BCUT2D eigenvalue weighted by Gasteiger charge is -2.31. The van der Waals surface area contributed by atoms with E-state index in [0.29, 0.717) is 41.4 Å². The van der Waals surface area contributed by atoms with Gasteiger partial charge in [-0.2, -0.15) is 9.61 Å². The highest BCUT2D eigenvalue weighted by atomic mass is 19.1. The van der Waals surface area contributed by atoms with Crippen LogP contribution in [0.3, 0.4) is 0 Å². The summed E-state index contributed by atoms with van der Waals surface area (Å²) in [5, 5.41) is 12.8. The first-order valence-electron chi connectivity index (χ1n) is 8.92. The summed E-state index contributed by atoms with van der Waals surface area (Å²) < 4.78 is 16.2. The first kappa shape index (κ1) is 18.0. The lowest BCUT2D eigenvalue weighted by molar-refractivity contribution is 0.0964. The highest BCUT2D eigenvalue weighted by Crippen LogP contribution is 2.33. The topological polar surface area (TPSA) is 105 Å². The van der Waals surface area contributed by atoms with E-state index in [2.05, 4.69) is 26.0 Å². The van der Waals surface area contributed by atoms with Gasteiger partial charge < -0.3 is 20.5 Å². The Morgan fingerprint density at radius 3 is 2.79 bits per heavy atom. The number of hydrogen-bond donors (Lipinski definition) is 3. The predicted molar refractivity (Wildman–Crippen MR) is 103 cm³/mol. The van der Waals surface area contributed by atoms with Crippen LogP contribution in [0.15, 0.2) is 35.4 Å². The van der Waals surface area contributed by atoms with Crippen molar-refractivity contribution in [2.45, 2.75) is 25.1 Å². The van der Waals surface area contributed by atoms with Crippen LogP contribution >= 0.6 is 0 Å². The van der Waals surface area contributed by atoms with Gasteiger partial charge >= 0.3 is 0 Å². The Labute approximate surface area is 159 Å². The van der Waals surface area contributed by atoms with Gasteiger partial charge in [0.1, 0.15) is 29.1 Å². The largest absolute Gasteiger partial charge is 0.373 e. The van der Waals surface area contributed by atoms with Crippen LogP contribution in [-0.2, 0) is 0 Å². The molecular formula is C18H20FN7O2. The van der Waals surface area contributed by atoms with Gasteiger partial charge in [0.25, 0.3) is 11.5 Å². The van der Waals surface area contributed by atoms with Crippen LogP contribution in [0.5, 0.6) is 0 Å². The maximum Gasteiger partial charge on any atom is 0.274 e. The zero-order valence-electron chi connectivity index (χ0n) is 15.4. The van der Waals surface area contributed by atoms with Crippen molar-refractivity contribution in [1.29, 1.82) is 0 Å². The van der Waals surface area contributed by atoms with Crippen molar-refractivity contribution in [2.75, 3.05) is 24.7 Å². The molecule has 0 unspecified atom stereocenters. The molecule has 0 aromatic carbocycles. The molecule has 0 spiro atoms. The van der Waals surface area contributed by atoms with Crippen molar-refractivity contribution >= 4 is 28.9 Å². The number of nitrogens with zero attached hydrogens (tertiary/aromatic N) is 4. The summed E-state index contributed by atoms with van der Waals surface area (Å²) in [7, 11) is 3.25. The summed E-state index contributed by atoms with van der Waals surface area (Å²) in [6.07, 6.45) is 2.96. The van der Waals surface area contributed by atoms with E-state index < -0.39 is 6.17 Å². The van der Waals surface area contributed by atoms with Crippen molar-refractivity contribution in [1.82, 2.24) is 24.5 Å². The van der Waals surface area contributed by atoms with Crippen molar-refractivity contribution in [3.63, 3.8) is 0 Å². The number of nitrogens with one attached hydrogen (secondary N) is 3. The summed E-state index contributed by atoms with van der Waals surface area (Å²) in [6.45, 7) is 0. The first-order valence-corrected chi connectivity index (χ1v) is 8.92. The van der Waals surface area contributed by atoms with Crippen molar-refractivity contribution in [3.8, 4) is 0 Å². The van der Waals surface area contributed by atoms with Crippen LogP contribution in [0, 0.1) is 0 Å². The number of halogens is 1.